The molecular weight excluding hydrogens is 452 g/mol. The van der Waals surface area contributed by atoms with Gasteiger partial charge in [-0.1, -0.05) is 41.5 Å². The Kier molecular flexibility index (Phi) is 7.35. The number of esters is 2. The maximum atomic E-state index is 12.8. The van der Waals surface area contributed by atoms with Gasteiger partial charge in [0, 0.05) is 36.5 Å². The molecule has 2 aliphatic heterocycles. The standard InChI is InChI=1S/C27H44O8/c1-23(2,13-30-21(28)19-7-9-26(11-19)32-15-24(3,4)16-33-26)14-31-22(29)20-8-10-27(12-20)34-17-25(5,6)18-35-27/h19-20H,7-18H2,1-6H3/p+1. The summed E-state index contributed by atoms with van der Waals surface area (Å²) in [6.07, 6.45) is 4.05. The zero-order chi connectivity index (χ0) is 25.5. The highest BCUT2D eigenvalue weighted by Gasteiger charge is 2.51. The molecule has 0 aromatic carbocycles. The minimum absolute atomic E-state index is 0.00287. The van der Waals surface area contributed by atoms with Crippen molar-refractivity contribution in [2.75, 3.05) is 39.6 Å². The van der Waals surface area contributed by atoms with Crippen LogP contribution in [0.4, 0.5) is 0 Å². The van der Waals surface area contributed by atoms with Gasteiger partial charge >= 0.3 is 11.9 Å². The van der Waals surface area contributed by atoms with Gasteiger partial charge in [-0.2, -0.15) is 0 Å². The van der Waals surface area contributed by atoms with E-state index in [0.29, 0.717) is 52.1 Å². The Morgan fingerprint density at radius 1 is 0.800 bits per heavy atom. The second-order valence-corrected chi connectivity index (χ2v) is 13.6. The third kappa shape index (κ3) is 6.56. The summed E-state index contributed by atoms with van der Waals surface area (Å²) in [4.78, 5) is 23.4. The van der Waals surface area contributed by atoms with Crippen molar-refractivity contribution in [3.63, 3.8) is 0 Å². The van der Waals surface area contributed by atoms with E-state index in [1.165, 1.54) is 0 Å². The highest BCUT2D eigenvalue weighted by Crippen LogP contribution is 2.45. The van der Waals surface area contributed by atoms with E-state index < -0.39 is 17.0 Å². The molecular formula is C27H45O8+. The van der Waals surface area contributed by atoms with Crippen LogP contribution in [0.5, 0.6) is 0 Å². The third-order valence-corrected chi connectivity index (χ3v) is 7.66. The molecule has 2 heterocycles. The Hall–Kier alpha value is -1.22. The molecule has 0 radical (unpaired) electrons. The SMILES string of the molecule is CC(C)(COC(=O)C1CCC2(C1)OCC(C)(C)CO2)COC(=[OH+])C1CCC2(C1)OCC(C)(C)CO2. The zero-order valence-electron chi connectivity index (χ0n) is 22.4. The van der Waals surface area contributed by atoms with Crippen molar-refractivity contribution in [2.45, 2.75) is 91.6 Å². The second-order valence-electron chi connectivity index (χ2n) is 13.6. The molecule has 2 aliphatic carbocycles. The number of hydrogen-bond donors (Lipinski definition) is 0. The highest BCUT2D eigenvalue weighted by atomic mass is 16.7. The van der Waals surface area contributed by atoms with E-state index >= 15 is 0 Å². The fourth-order valence-electron chi connectivity index (χ4n) is 5.17. The number of rotatable bonds is 6. The van der Waals surface area contributed by atoms with Gasteiger partial charge in [-0.25, -0.2) is 0 Å². The van der Waals surface area contributed by atoms with Crippen LogP contribution >= 0.6 is 0 Å². The minimum Gasteiger partial charge on any atom is -0.465 e. The first-order chi connectivity index (χ1) is 16.2. The largest absolute Gasteiger partial charge is 0.486 e. The molecule has 2 atom stereocenters. The maximum absolute atomic E-state index is 12.8. The number of carbonyl (C=O) groups excluding carboxylic acids is 2. The summed E-state index contributed by atoms with van der Waals surface area (Å²) in [5, 5.41) is 0. The van der Waals surface area contributed by atoms with E-state index in [-0.39, 0.29) is 47.8 Å². The van der Waals surface area contributed by atoms with Crippen LogP contribution in [-0.4, -0.2) is 67.9 Å². The van der Waals surface area contributed by atoms with Crippen LogP contribution in [-0.2, 0) is 33.2 Å². The Balaban J connectivity index is 1.18. The molecule has 4 rings (SSSR count). The van der Waals surface area contributed by atoms with Gasteiger partial charge in [0.25, 0.3) is 0 Å². The van der Waals surface area contributed by atoms with Crippen LogP contribution in [0.1, 0.15) is 80.1 Å². The first kappa shape index (κ1) is 26.8. The molecule has 8 heteroatoms. The van der Waals surface area contributed by atoms with Gasteiger partial charge in [0.2, 0.25) is 0 Å². The molecule has 0 amide bonds. The van der Waals surface area contributed by atoms with Crippen LogP contribution in [0.15, 0.2) is 0 Å². The molecule has 0 aromatic heterocycles. The lowest BCUT2D eigenvalue weighted by molar-refractivity contribution is -0.296. The van der Waals surface area contributed by atoms with Gasteiger partial charge < -0.3 is 33.2 Å². The van der Waals surface area contributed by atoms with Gasteiger partial charge in [-0.15, -0.1) is 0 Å². The molecule has 1 N–H and O–H groups in total. The second kappa shape index (κ2) is 9.58. The Morgan fingerprint density at radius 2 is 1.23 bits per heavy atom. The molecule has 2 saturated heterocycles. The summed E-state index contributed by atoms with van der Waals surface area (Å²) < 4.78 is 35.6. The lowest BCUT2D eigenvalue weighted by atomic mass is 9.94. The van der Waals surface area contributed by atoms with E-state index in [0.717, 1.165) is 12.8 Å². The first-order valence-electron chi connectivity index (χ1n) is 13.1. The van der Waals surface area contributed by atoms with E-state index in [2.05, 4.69) is 27.7 Å². The van der Waals surface area contributed by atoms with Gasteiger partial charge in [-0.05, 0) is 12.8 Å². The van der Waals surface area contributed by atoms with Crippen molar-refractivity contribution in [3.8, 4) is 0 Å². The fourth-order valence-corrected chi connectivity index (χ4v) is 5.17. The summed E-state index contributed by atoms with van der Waals surface area (Å²) in [6.45, 7) is 15.4. The Labute approximate surface area is 209 Å². The summed E-state index contributed by atoms with van der Waals surface area (Å²) in [7, 11) is 0. The smallest absolute Gasteiger partial charge is 0.465 e. The van der Waals surface area contributed by atoms with Crippen molar-refractivity contribution >= 4 is 11.9 Å². The highest BCUT2D eigenvalue weighted by molar-refractivity contribution is 5.74. The van der Waals surface area contributed by atoms with Crippen LogP contribution < -0.4 is 0 Å². The molecule has 4 fully saturated rings. The Bertz CT molecular complexity index is 717. The van der Waals surface area contributed by atoms with Crippen molar-refractivity contribution in [1.82, 2.24) is 0 Å². The molecule has 2 saturated carbocycles. The van der Waals surface area contributed by atoms with Gasteiger partial charge in [-0.3, -0.25) is 4.79 Å². The van der Waals surface area contributed by atoms with Crippen molar-refractivity contribution in [2.24, 2.45) is 28.1 Å². The normalized spacial score (nSPS) is 30.9. The molecule has 200 valence electrons. The Morgan fingerprint density at radius 3 is 1.74 bits per heavy atom. The summed E-state index contributed by atoms with van der Waals surface area (Å²) in [6, 6.07) is 0. The summed E-state index contributed by atoms with van der Waals surface area (Å²) in [5.74, 6) is -1.78. The minimum atomic E-state index is -0.640. The molecule has 35 heavy (non-hydrogen) atoms. The number of hydrogen-bond acceptors (Lipinski definition) is 7. The monoisotopic (exact) mass is 497 g/mol. The summed E-state index contributed by atoms with van der Waals surface area (Å²) >= 11 is 0. The third-order valence-electron chi connectivity index (χ3n) is 7.66. The molecule has 8 nitrogen and oxygen atoms in total. The lowest BCUT2D eigenvalue weighted by Crippen LogP contribution is -2.46. The average Bonchev–Trinajstić information content (AvgIpc) is 3.41. The lowest BCUT2D eigenvalue weighted by Gasteiger charge is -2.41. The molecule has 2 unspecified atom stereocenters. The van der Waals surface area contributed by atoms with Gasteiger partial charge in [0.15, 0.2) is 18.2 Å². The van der Waals surface area contributed by atoms with Crippen LogP contribution in [0, 0.1) is 28.1 Å². The van der Waals surface area contributed by atoms with Crippen LogP contribution in [0.25, 0.3) is 0 Å². The predicted molar refractivity (Wildman–Crippen MR) is 129 cm³/mol. The average molecular weight is 498 g/mol. The van der Waals surface area contributed by atoms with Crippen molar-refractivity contribution < 1.29 is 38.0 Å². The fraction of sp³-hybridized carbons (Fsp3) is 0.926. The number of ether oxygens (including phenoxy) is 6. The van der Waals surface area contributed by atoms with Gasteiger partial charge in [0.05, 0.1) is 37.8 Å². The van der Waals surface area contributed by atoms with Gasteiger partial charge in [0.1, 0.15) is 12.5 Å². The quantitative estimate of drug-likeness (QED) is 0.401. The van der Waals surface area contributed by atoms with E-state index in [4.69, 9.17) is 28.4 Å². The number of carbonyl (C=O) groups is 1. The summed E-state index contributed by atoms with van der Waals surface area (Å²) in [5.41, 5.74) is -0.428. The van der Waals surface area contributed by atoms with E-state index in [1.807, 2.05) is 13.8 Å². The topological polar surface area (TPSA) is 93.9 Å². The molecule has 4 aliphatic rings. The van der Waals surface area contributed by atoms with Crippen LogP contribution in [0.2, 0.25) is 0 Å². The maximum Gasteiger partial charge on any atom is 0.486 e. The van der Waals surface area contributed by atoms with E-state index in [1.54, 1.807) is 0 Å². The predicted octanol–water partition coefficient (Wildman–Crippen LogP) is 4.21. The molecule has 0 bridgehead atoms. The van der Waals surface area contributed by atoms with Crippen molar-refractivity contribution in [1.29, 1.82) is 0 Å². The molecule has 0 aromatic rings. The molecule has 2 spiro atoms. The van der Waals surface area contributed by atoms with E-state index in [9.17, 15) is 9.59 Å². The van der Waals surface area contributed by atoms with Crippen LogP contribution in [0.3, 0.4) is 0 Å². The zero-order valence-corrected chi connectivity index (χ0v) is 22.4. The van der Waals surface area contributed by atoms with Crippen molar-refractivity contribution in [3.05, 3.63) is 0 Å². The first-order valence-corrected chi connectivity index (χ1v) is 13.1.